The number of anilines is 2. The fourth-order valence-corrected chi connectivity index (χ4v) is 6.21. The molecule has 1 aromatic heterocycles. The summed E-state index contributed by atoms with van der Waals surface area (Å²) in [5.41, 5.74) is 4.71. The molecular formula is C29H38N4O3. The van der Waals surface area contributed by atoms with Crippen molar-refractivity contribution in [3.8, 4) is 0 Å². The van der Waals surface area contributed by atoms with Crippen LogP contribution < -0.4 is 10.6 Å². The number of aliphatic carboxylic acids is 1. The topological polar surface area (TPSA) is 94.6 Å². The molecule has 192 valence electrons. The minimum Gasteiger partial charge on any atom is -0.481 e. The van der Waals surface area contributed by atoms with Gasteiger partial charge in [-0.3, -0.25) is 9.59 Å². The van der Waals surface area contributed by atoms with Crippen LogP contribution in [0.2, 0.25) is 0 Å². The Bertz CT molecular complexity index is 1080. The number of likely N-dealkylation sites (tertiary alicyclic amines) is 1. The Labute approximate surface area is 213 Å². The monoisotopic (exact) mass is 490 g/mol. The molecule has 0 aliphatic carbocycles. The Morgan fingerprint density at radius 3 is 2.75 bits per heavy atom. The van der Waals surface area contributed by atoms with Gasteiger partial charge in [-0.15, -0.1) is 0 Å². The summed E-state index contributed by atoms with van der Waals surface area (Å²) in [7, 11) is 0. The Hall–Kier alpha value is -3.09. The van der Waals surface area contributed by atoms with E-state index in [1.807, 2.05) is 11.0 Å². The maximum absolute atomic E-state index is 12.9. The van der Waals surface area contributed by atoms with Crippen LogP contribution in [-0.4, -0.2) is 53.0 Å². The molecule has 0 radical (unpaired) electrons. The maximum atomic E-state index is 12.9. The lowest BCUT2D eigenvalue weighted by Crippen LogP contribution is -2.40. The van der Waals surface area contributed by atoms with Crippen molar-refractivity contribution in [3.05, 3.63) is 53.2 Å². The Kier molecular flexibility index (Phi) is 7.73. The third-order valence-corrected chi connectivity index (χ3v) is 8.31. The second-order valence-corrected chi connectivity index (χ2v) is 10.8. The number of carboxylic acid groups (broad SMARTS) is 1. The number of carbonyl (C=O) groups excluding carboxylic acids is 1. The summed E-state index contributed by atoms with van der Waals surface area (Å²) in [5, 5.41) is 16.5. The van der Waals surface area contributed by atoms with Crippen LogP contribution in [0.3, 0.4) is 0 Å². The fourth-order valence-electron chi connectivity index (χ4n) is 6.21. The van der Waals surface area contributed by atoms with Crippen LogP contribution in [-0.2, 0) is 28.9 Å². The summed E-state index contributed by atoms with van der Waals surface area (Å²) < 4.78 is 0. The largest absolute Gasteiger partial charge is 0.481 e. The summed E-state index contributed by atoms with van der Waals surface area (Å²) in [6.45, 7) is 3.34. The number of rotatable bonds is 8. The average Bonchev–Trinajstić information content (AvgIpc) is 2.91. The summed E-state index contributed by atoms with van der Waals surface area (Å²) >= 11 is 0. The highest BCUT2D eigenvalue weighted by atomic mass is 16.4. The van der Waals surface area contributed by atoms with Crippen molar-refractivity contribution >= 4 is 23.4 Å². The molecule has 0 spiro atoms. The van der Waals surface area contributed by atoms with E-state index in [9.17, 15) is 14.7 Å². The number of para-hydroxylation sites is 1. The first-order valence-corrected chi connectivity index (χ1v) is 13.6. The molecule has 0 saturated carbocycles. The number of benzene rings is 1. The zero-order valence-corrected chi connectivity index (χ0v) is 21.0. The number of pyridine rings is 1. The van der Waals surface area contributed by atoms with Crippen LogP contribution in [0.25, 0.3) is 0 Å². The molecule has 3 aliphatic rings. The number of nitrogens with one attached hydrogen (secondary N) is 2. The molecular weight excluding hydrogens is 452 g/mol. The molecule has 4 heterocycles. The van der Waals surface area contributed by atoms with E-state index >= 15 is 0 Å². The molecule has 0 bridgehead atoms. The van der Waals surface area contributed by atoms with Gasteiger partial charge in [-0.1, -0.05) is 24.3 Å². The SMILES string of the molecule is O=C(O)C[C@@H](CC1CCN(C(=O)CCc2ccc3c(n2)NCCC3)CC1)[C@H]1CNc2ccccc2C1. The molecule has 2 atom stereocenters. The van der Waals surface area contributed by atoms with E-state index in [1.54, 1.807) is 0 Å². The van der Waals surface area contributed by atoms with Crippen LogP contribution in [0.5, 0.6) is 0 Å². The van der Waals surface area contributed by atoms with Crippen LogP contribution >= 0.6 is 0 Å². The smallest absolute Gasteiger partial charge is 0.303 e. The normalized spacial score (nSPS) is 20.4. The first-order valence-electron chi connectivity index (χ1n) is 13.6. The molecule has 1 amide bonds. The lowest BCUT2D eigenvalue weighted by molar-refractivity contribution is -0.138. The van der Waals surface area contributed by atoms with Gasteiger partial charge in [-0.25, -0.2) is 4.98 Å². The van der Waals surface area contributed by atoms with Gasteiger partial charge in [-0.05, 0) is 86.0 Å². The second kappa shape index (κ2) is 11.3. The highest BCUT2D eigenvalue weighted by Crippen LogP contribution is 2.35. The zero-order valence-electron chi connectivity index (χ0n) is 21.0. The van der Waals surface area contributed by atoms with Gasteiger partial charge in [0.05, 0.1) is 0 Å². The molecule has 2 aromatic rings. The second-order valence-electron chi connectivity index (χ2n) is 10.8. The maximum Gasteiger partial charge on any atom is 0.303 e. The van der Waals surface area contributed by atoms with Gasteiger partial charge in [0.25, 0.3) is 0 Å². The van der Waals surface area contributed by atoms with Gasteiger partial charge in [0.15, 0.2) is 0 Å². The number of nitrogens with zero attached hydrogens (tertiary/aromatic N) is 2. The van der Waals surface area contributed by atoms with Crippen molar-refractivity contribution in [1.82, 2.24) is 9.88 Å². The average molecular weight is 491 g/mol. The number of hydrogen-bond acceptors (Lipinski definition) is 5. The van der Waals surface area contributed by atoms with Gasteiger partial charge in [0.1, 0.15) is 5.82 Å². The van der Waals surface area contributed by atoms with E-state index in [1.165, 1.54) is 16.8 Å². The lowest BCUT2D eigenvalue weighted by atomic mass is 9.75. The van der Waals surface area contributed by atoms with E-state index in [0.29, 0.717) is 24.7 Å². The van der Waals surface area contributed by atoms with Crippen LogP contribution in [0, 0.1) is 17.8 Å². The Morgan fingerprint density at radius 2 is 1.92 bits per heavy atom. The predicted molar refractivity (Wildman–Crippen MR) is 141 cm³/mol. The van der Waals surface area contributed by atoms with Crippen molar-refractivity contribution in [2.45, 2.75) is 57.8 Å². The number of fused-ring (bicyclic) bond motifs is 2. The molecule has 1 aromatic carbocycles. The summed E-state index contributed by atoms with van der Waals surface area (Å²) in [5.74, 6) is 1.44. The van der Waals surface area contributed by atoms with E-state index in [0.717, 1.165) is 76.2 Å². The van der Waals surface area contributed by atoms with E-state index < -0.39 is 5.97 Å². The minimum absolute atomic E-state index is 0.152. The highest BCUT2D eigenvalue weighted by Gasteiger charge is 2.32. The Morgan fingerprint density at radius 1 is 1.08 bits per heavy atom. The van der Waals surface area contributed by atoms with Crippen LogP contribution in [0.15, 0.2) is 36.4 Å². The van der Waals surface area contributed by atoms with E-state index in [4.69, 9.17) is 4.98 Å². The van der Waals surface area contributed by atoms with Crippen molar-refractivity contribution in [3.63, 3.8) is 0 Å². The predicted octanol–water partition coefficient (Wildman–Crippen LogP) is 4.38. The van der Waals surface area contributed by atoms with E-state index in [2.05, 4.69) is 41.0 Å². The highest BCUT2D eigenvalue weighted by molar-refractivity contribution is 5.76. The van der Waals surface area contributed by atoms with Crippen molar-refractivity contribution < 1.29 is 14.7 Å². The van der Waals surface area contributed by atoms with Gasteiger partial charge < -0.3 is 20.6 Å². The van der Waals surface area contributed by atoms with Gasteiger partial charge >= 0.3 is 5.97 Å². The number of piperidine rings is 1. The minimum atomic E-state index is -0.711. The number of hydrogen-bond donors (Lipinski definition) is 3. The molecule has 5 rings (SSSR count). The van der Waals surface area contributed by atoms with E-state index in [-0.39, 0.29) is 18.2 Å². The molecule has 3 aliphatic heterocycles. The van der Waals surface area contributed by atoms with Crippen LogP contribution in [0.1, 0.15) is 55.3 Å². The molecule has 1 fully saturated rings. The first-order chi connectivity index (χ1) is 17.5. The molecule has 3 N–H and O–H groups in total. The zero-order chi connectivity index (χ0) is 24.9. The standard InChI is InChI=1S/C29H38N4O3/c34-27(10-9-25-8-7-21-5-3-13-30-29(21)32-25)33-14-11-20(12-15-33)16-23(18-28(35)36)24-17-22-4-1-2-6-26(22)31-19-24/h1-2,4,6-8,20,23-24,31H,3,5,9-19H2,(H,30,32)(H,35,36)/t23-,24-/m1/s1. The number of aryl methyl sites for hydroxylation is 2. The van der Waals surface area contributed by atoms with Crippen molar-refractivity contribution in [2.24, 2.45) is 17.8 Å². The molecule has 7 nitrogen and oxygen atoms in total. The third kappa shape index (κ3) is 6.00. The number of carbonyl (C=O) groups is 2. The number of amides is 1. The summed E-state index contributed by atoms with van der Waals surface area (Å²) in [4.78, 5) is 31.3. The molecule has 7 heteroatoms. The number of carboxylic acids is 1. The summed E-state index contributed by atoms with van der Waals surface area (Å²) in [6, 6.07) is 12.5. The summed E-state index contributed by atoms with van der Waals surface area (Å²) in [6.07, 6.45) is 7.37. The Balaban J connectivity index is 1.11. The third-order valence-electron chi connectivity index (χ3n) is 8.31. The molecule has 1 saturated heterocycles. The van der Waals surface area contributed by atoms with Crippen molar-refractivity contribution in [2.75, 3.05) is 36.8 Å². The molecule has 0 unspecified atom stereocenters. The fraction of sp³-hybridized carbons (Fsp3) is 0.552. The lowest BCUT2D eigenvalue weighted by Gasteiger charge is -2.37. The molecule has 36 heavy (non-hydrogen) atoms. The van der Waals surface area contributed by atoms with Crippen molar-refractivity contribution in [1.29, 1.82) is 0 Å². The van der Waals surface area contributed by atoms with Gasteiger partial charge in [0, 0.05) is 50.4 Å². The van der Waals surface area contributed by atoms with Gasteiger partial charge in [0.2, 0.25) is 5.91 Å². The quantitative estimate of drug-likeness (QED) is 0.509. The number of aromatic nitrogens is 1. The van der Waals surface area contributed by atoms with Crippen LogP contribution in [0.4, 0.5) is 11.5 Å². The van der Waals surface area contributed by atoms with Gasteiger partial charge in [-0.2, -0.15) is 0 Å². The first kappa shape index (κ1) is 24.6.